The van der Waals surface area contributed by atoms with Crippen molar-refractivity contribution in [2.24, 2.45) is 0 Å². The Balaban J connectivity index is 1.16. The molecule has 0 amide bonds. The molecule has 2 aromatic heterocycles. The molecule has 1 radical (unpaired) electrons. The van der Waals surface area contributed by atoms with Crippen LogP contribution in [0.3, 0.4) is 0 Å². The number of nitrogens with one attached hydrogen (secondary N) is 1. The van der Waals surface area contributed by atoms with Crippen LogP contribution in [0, 0.1) is 13.8 Å². The fraction of sp³-hybridized carbons (Fsp3) is 0.0847. The Labute approximate surface area is 367 Å². The van der Waals surface area contributed by atoms with Crippen LogP contribution in [-0.2, 0) is 5.41 Å². The van der Waals surface area contributed by atoms with E-state index in [-0.39, 0.29) is 5.41 Å². The molecule has 13 rings (SSSR count). The second kappa shape index (κ2) is 13.2. The van der Waals surface area contributed by atoms with Gasteiger partial charge in [0.25, 0.3) is 0 Å². The maximum Gasteiger partial charge on any atom is 0.198 e. The van der Waals surface area contributed by atoms with Gasteiger partial charge in [-0.2, -0.15) is 0 Å². The highest BCUT2D eigenvalue weighted by molar-refractivity contribution is 6.74. The molecule has 1 aliphatic heterocycles. The largest absolute Gasteiger partial charge is 0.455 e. The molecule has 1 aliphatic carbocycles. The van der Waals surface area contributed by atoms with Crippen LogP contribution >= 0.6 is 0 Å². The zero-order valence-electron chi connectivity index (χ0n) is 35.7. The van der Waals surface area contributed by atoms with Gasteiger partial charge in [-0.15, -0.1) is 0 Å². The highest BCUT2D eigenvalue weighted by atomic mass is 16.3. The number of aromatic nitrogens is 1. The quantitative estimate of drug-likeness (QED) is 0.176. The zero-order chi connectivity index (χ0) is 42.1. The van der Waals surface area contributed by atoms with Gasteiger partial charge in [-0.3, -0.25) is 0 Å². The van der Waals surface area contributed by atoms with Crippen LogP contribution in [-0.4, -0.2) is 11.8 Å². The summed E-state index contributed by atoms with van der Waals surface area (Å²) in [6, 6.07) is 64.6. The lowest BCUT2D eigenvalue weighted by molar-refractivity contribution is 0.632. The van der Waals surface area contributed by atoms with Crippen molar-refractivity contribution in [3.63, 3.8) is 0 Å². The highest BCUT2D eigenvalue weighted by Gasteiger charge is 2.37. The van der Waals surface area contributed by atoms with Crippen molar-refractivity contribution in [2.75, 3.05) is 5.32 Å². The van der Waals surface area contributed by atoms with Gasteiger partial charge in [-0.05, 0) is 112 Å². The van der Waals surface area contributed by atoms with E-state index < -0.39 is 0 Å². The topological polar surface area (TPSA) is 30.1 Å². The lowest BCUT2D eigenvalue weighted by atomic mass is 9.58. The summed E-state index contributed by atoms with van der Waals surface area (Å²) in [5, 5.41) is 10.1. The molecule has 0 fully saturated rings. The maximum absolute atomic E-state index is 6.99. The molecule has 3 nitrogen and oxygen atoms in total. The van der Waals surface area contributed by atoms with E-state index in [9.17, 15) is 0 Å². The van der Waals surface area contributed by atoms with E-state index in [0.29, 0.717) is 0 Å². The zero-order valence-corrected chi connectivity index (χ0v) is 35.7. The maximum atomic E-state index is 6.99. The fourth-order valence-corrected chi connectivity index (χ4v) is 10.9. The van der Waals surface area contributed by atoms with Gasteiger partial charge in [0.15, 0.2) is 7.28 Å². The lowest BCUT2D eigenvalue weighted by Crippen LogP contribution is -2.37. The summed E-state index contributed by atoms with van der Waals surface area (Å²) in [4.78, 5) is 0. The Kier molecular flexibility index (Phi) is 7.58. The first-order chi connectivity index (χ1) is 30.8. The first-order valence-corrected chi connectivity index (χ1v) is 22.0. The Bertz CT molecular complexity index is 3710. The molecule has 9 aromatic carbocycles. The molecular formula is C59H42BN2O. The van der Waals surface area contributed by atoms with E-state index in [2.05, 4.69) is 221 Å². The minimum absolute atomic E-state index is 0.157. The number of rotatable bonds is 5. The van der Waals surface area contributed by atoms with Crippen molar-refractivity contribution >= 4 is 73.1 Å². The molecule has 0 atom stereocenters. The molecule has 0 unspecified atom stereocenters. The predicted octanol–water partition coefficient (Wildman–Crippen LogP) is 14.3. The van der Waals surface area contributed by atoms with Crippen LogP contribution in [0.5, 0.6) is 0 Å². The van der Waals surface area contributed by atoms with E-state index in [1.807, 2.05) is 0 Å². The predicted molar refractivity (Wildman–Crippen MR) is 266 cm³/mol. The molecule has 4 heteroatoms. The third-order valence-electron chi connectivity index (χ3n) is 13.9. The Hall–Kier alpha value is -7.56. The lowest BCUT2D eigenvalue weighted by Gasteiger charge is -2.27. The number of furan rings is 1. The van der Waals surface area contributed by atoms with Gasteiger partial charge in [0.1, 0.15) is 11.3 Å². The van der Waals surface area contributed by atoms with Crippen molar-refractivity contribution in [1.82, 2.24) is 4.57 Å². The number of anilines is 2. The number of fused-ring (bicyclic) bond motifs is 11. The third-order valence-corrected chi connectivity index (χ3v) is 13.9. The van der Waals surface area contributed by atoms with Crippen LogP contribution in [0.1, 0.15) is 36.1 Å². The standard InChI is InChI=1S/C59H42BN2O/c1-34-23-26-38(27-24-34)61-49-32-47-42(39-19-13-14-22-46(39)59(47,3)4)30-43(49)54-40-20-11-12-21-41(40)55-44-29-35(2)25-28-50(44)62-51-31-45-52(33-48(51)60-56(54)57(55)62)63-58(37-17-9-6-10-18-37)53(45)36-15-7-5-8-16-36/h5-33,61H,1-4H3. The molecule has 2 aliphatic rings. The molecular weight excluding hydrogens is 763 g/mol. The van der Waals surface area contributed by atoms with Crippen LogP contribution in [0.4, 0.5) is 11.4 Å². The third kappa shape index (κ3) is 5.22. The normalized spacial score (nSPS) is 13.3. The Morgan fingerprint density at radius 3 is 2.03 bits per heavy atom. The van der Waals surface area contributed by atoms with E-state index in [1.165, 1.54) is 82.5 Å². The SMILES string of the molecule is Cc1ccc(Nc2cc3c(cc2-c2c4c5c(c6ccccc26)c2cc(C)ccc2n5-c2cc5c(-c6ccccc6)c(-c6ccccc6)oc5cc2[B]4)-c2ccccc2C3(C)C)cc1. The minimum atomic E-state index is -0.157. The summed E-state index contributed by atoms with van der Waals surface area (Å²) < 4.78 is 9.54. The minimum Gasteiger partial charge on any atom is -0.455 e. The van der Waals surface area contributed by atoms with Gasteiger partial charge >= 0.3 is 0 Å². The first kappa shape index (κ1) is 36.1. The number of benzene rings is 9. The monoisotopic (exact) mass is 805 g/mol. The van der Waals surface area contributed by atoms with E-state index in [0.717, 1.165) is 55.9 Å². The van der Waals surface area contributed by atoms with Crippen molar-refractivity contribution in [3.05, 3.63) is 198 Å². The number of aryl methyl sites for hydroxylation is 2. The molecule has 0 spiro atoms. The molecule has 11 aromatic rings. The number of hydrogen-bond donors (Lipinski definition) is 1. The molecule has 0 saturated carbocycles. The van der Waals surface area contributed by atoms with Crippen molar-refractivity contribution in [1.29, 1.82) is 0 Å². The van der Waals surface area contributed by atoms with E-state index >= 15 is 0 Å². The van der Waals surface area contributed by atoms with Gasteiger partial charge in [0.05, 0.1) is 5.52 Å². The van der Waals surface area contributed by atoms with Crippen molar-refractivity contribution in [3.8, 4) is 50.4 Å². The van der Waals surface area contributed by atoms with Gasteiger partial charge < -0.3 is 14.3 Å². The summed E-state index contributed by atoms with van der Waals surface area (Å²) in [7, 11) is 2.44. The van der Waals surface area contributed by atoms with E-state index in [1.54, 1.807) is 0 Å². The Morgan fingerprint density at radius 1 is 0.540 bits per heavy atom. The van der Waals surface area contributed by atoms with Gasteiger partial charge in [-0.1, -0.05) is 158 Å². The average molecular weight is 806 g/mol. The smallest absolute Gasteiger partial charge is 0.198 e. The summed E-state index contributed by atoms with van der Waals surface area (Å²) in [6.45, 7) is 9.08. The number of nitrogens with zero attached hydrogens (tertiary/aromatic N) is 1. The summed E-state index contributed by atoms with van der Waals surface area (Å²) in [5.41, 5.74) is 22.3. The fourth-order valence-electron chi connectivity index (χ4n) is 10.9. The van der Waals surface area contributed by atoms with Crippen LogP contribution in [0.15, 0.2) is 180 Å². The summed E-state index contributed by atoms with van der Waals surface area (Å²) >= 11 is 0. The average Bonchev–Trinajstić information content (AvgIpc) is 3.93. The highest BCUT2D eigenvalue weighted by Crippen LogP contribution is 2.53. The van der Waals surface area contributed by atoms with Crippen LogP contribution < -0.4 is 16.2 Å². The Morgan fingerprint density at radius 2 is 1.24 bits per heavy atom. The molecule has 0 bridgehead atoms. The molecule has 297 valence electrons. The second-order valence-electron chi connectivity index (χ2n) is 18.1. The summed E-state index contributed by atoms with van der Waals surface area (Å²) in [6.07, 6.45) is 0. The van der Waals surface area contributed by atoms with Gasteiger partial charge in [-0.25, -0.2) is 0 Å². The van der Waals surface area contributed by atoms with Crippen molar-refractivity contribution < 1.29 is 4.42 Å². The summed E-state index contributed by atoms with van der Waals surface area (Å²) in [5.74, 6) is 0.884. The molecule has 1 N–H and O–H groups in total. The molecule has 3 heterocycles. The van der Waals surface area contributed by atoms with Gasteiger partial charge in [0.2, 0.25) is 0 Å². The number of hydrogen-bond acceptors (Lipinski definition) is 2. The van der Waals surface area contributed by atoms with Crippen molar-refractivity contribution in [2.45, 2.75) is 33.1 Å². The van der Waals surface area contributed by atoms with E-state index in [4.69, 9.17) is 4.42 Å². The van der Waals surface area contributed by atoms with Crippen LogP contribution in [0.25, 0.3) is 93.9 Å². The molecule has 0 saturated heterocycles. The first-order valence-electron chi connectivity index (χ1n) is 22.0. The second-order valence-corrected chi connectivity index (χ2v) is 18.1. The van der Waals surface area contributed by atoms with Gasteiger partial charge in [0, 0.05) is 60.8 Å². The molecule has 63 heavy (non-hydrogen) atoms. The van der Waals surface area contributed by atoms with Crippen LogP contribution in [0.2, 0.25) is 0 Å².